The first-order valence-corrected chi connectivity index (χ1v) is 11.4. The van der Waals surface area contributed by atoms with Gasteiger partial charge in [0.1, 0.15) is 0 Å². The van der Waals surface area contributed by atoms with Crippen molar-refractivity contribution in [1.82, 2.24) is 9.97 Å². The summed E-state index contributed by atoms with van der Waals surface area (Å²) in [5.74, 6) is 1.53. The van der Waals surface area contributed by atoms with E-state index in [-0.39, 0.29) is 0 Å². The summed E-state index contributed by atoms with van der Waals surface area (Å²) in [5.41, 5.74) is 2.47. The Labute approximate surface area is 172 Å². The summed E-state index contributed by atoms with van der Waals surface area (Å²) in [6.07, 6.45) is 19.0. The van der Waals surface area contributed by atoms with Gasteiger partial charge in [-0.15, -0.1) is 0 Å². The molecule has 0 aliphatic carbocycles. The van der Waals surface area contributed by atoms with Crippen LogP contribution in [0.3, 0.4) is 0 Å². The quantitative estimate of drug-likeness (QED) is 0.301. The Morgan fingerprint density at radius 1 is 0.679 bits per heavy atom. The van der Waals surface area contributed by atoms with E-state index < -0.39 is 0 Å². The Bertz CT molecular complexity index is 565. The molecule has 0 aliphatic rings. The molecule has 0 atom stereocenters. The molecular formula is C25H38N2O. The summed E-state index contributed by atoms with van der Waals surface area (Å²) in [7, 11) is 0. The first-order chi connectivity index (χ1) is 13.8. The Balaban J connectivity index is 1.71. The minimum atomic E-state index is 0.750. The van der Waals surface area contributed by atoms with Gasteiger partial charge in [-0.3, -0.25) is 0 Å². The predicted octanol–water partition coefficient (Wildman–Crippen LogP) is 7.40. The van der Waals surface area contributed by atoms with Gasteiger partial charge in [0.2, 0.25) is 0 Å². The third-order valence-electron chi connectivity index (χ3n) is 5.18. The molecule has 0 spiro atoms. The van der Waals surface area contributed by atoms with Gasteiger partial charge in [-0.2, -0.15) is 0 Å². The SMILES string of the molecule is CCCCCCCCc1ccc(-c2ncc(OCCCCCCC)cn2)cc1. The van der Waals surface area contributed by atoms with Crippen molar-refractivity contribution in [1.29, 1.82) is 0 Å². The fourth-order valence-electron chi connectivity index (χ4n) is 3.37. The highest BCUT2D eigenvalue weighted by Crippen LogP contribution is 2.19. The van der Waals surface area contributed by atoms with E-state index in [9.17, 15) is 0 Å². The molecule has 0 fully saturated rings. The average Bonchev–Trinajstić information content (AvgIpc) is 2.74. The molecule has 2 rings (SSSR count). The summed E-state index contributed by atoms with van der Waals surface area (Å²) in [6, 6.07) is 8.70. The van der Waals surface area contributed by atoms with Crippen molar-refractivity contribution in [2.75, 3.05) is 6.61 Å². The summed E-state index contributed by atoms with van der Waals surface area (Å²) < 4.78 is 5.75. The van der Waals surface area contributed by atoms with Crippen molar-refractivity contribution in [2.24, 2.45) is 0 Å². The zero-order valence-corrected chi connectivity index (χ0v) is 18.0. The van der Waals surface area contributed by atoms with E-state index in [1.54, 1.807) is 12.4 Å². The number of aryl methyl sites for hydroxylation is 1. The molecule has 154 valence electrons. The molecule has 2 aromatic rings. The molecule has 0 amide bonds. The zero-order chi connectivity index (χ0) is 19.9. The maximum absolute atomic E-state index is 5.75. The van der Waals surface area contributed by atoms with Crippen LogP contribution in [0.25, 0.3) is 11.4 Å². The van der Waals surface area contributed by atoms with Crippen LogP contribution >= 0.6 is 0 Å². The molecule has 3 heteroatoms. The van der Waals surface area contributed by atoms with E-state index in [0.717, 1.165) is 36.6 Å². The van der Waals surface area contributed by atoms with E-state index in [1.165, 1.54) is 69.8 Å². The van der Waals surface area contributed by atoms with Gasteiger partial charge in [0.15, 0.2) is 11.6 Å². The van der Waals surface area contributed by atoms with Crippen LogP contribution in [0, 0.1) is 0 Å². The molecule has 0 aliphatic heterocycles. The van der Waals surface area contributed by atoms with Crippen molar-refractivity contribution < 1.29 is 4.74 Å². The largest absolute Gasteiger partial charge is 0.490 e. The molecule has 0 saturated carbocycles. The van der Waals surface area contributed by atoms with Gasteiger partial charge in [0.25, 0.3) is 0 Å². The minimum Gasteiger partial charge on any atom is -0.490 e. The summed E-state index contributed by atoms with van der Waals surface area (Å²) in [6.45, 7) is 5.25. The Kier molecular flexibility index (Phi) is 11.3. The van der Waals surface area contributed by atoms with Crippen molar-refractivity contribution in [3.8, 4) is 17.1 Å². The second kappa shape index (κ2) is 14.1. The molecule has 28 heavy (non-hydrogen) atoms. The van der Waals surface area contributed by atoms with Crippen LogP contribution in [-0.2, 0) is 6.42 Å². The Morgan fingerprint density at radius 3 is 1.89 bits per heavy atom. The topological polar surface area (TPSA) is 35.0 Å². The molecule has 1 aromatic heterocycles. The Morgan fingerprint density at radius 2 is 1.25 bits per heavy atom. The van der Waals surface area contributed by atoms with Crippen LogP contribution in [0.4, 0.5) is 0 Å². The summed E-state index contributed by atoms with van der Waals surface area (Å²) in [5, 5.41) is 0. The highest BCUT2D eigenvalue weighted by atomic mass is 16.5. The molecule has 0 unspecified atom stereocenters. The lowest BCUT2D eigenvalue weighted by atomic mass is 10.0. The van der Waals surface area contributed by atoms with E-state index in [1.807, 2.05) is 0 Å². The number of ether oxygens (including phenoxy) is 1. The number of nitrogens with zero attached hydrogens (tertiary/aromatic N) is 2. The molecule has 0 radical (unpaired) electrons. The van der Waals surface area contributed by atoms with Crippen LogP contribution < -0.4 is 4.74 Å². The number of unbranched alkanes of at least 4 members (excludes halogenated alkanes) is 9. The second-order valence-corrected chi connectivity index (χ2v) is 7.72. The highest BCUT2D eigenvalue weighted by molar-refractivity contribution is 5.55. The van der Waals surface area contributed by atoms with Crippen molar-refractivity contribution >= 4 is 0 Å². The van der Waals surface area contributed by atoms with Crippen molar-refractivity contribution in [2.45, 2.75) is 90.9 Å². The smallest absolute Gasteiger partial charge is 0.159 e. The van der Waals surface area contributed by atoms with Gasteiger partial charge >= 0.3 is 0 Å². The average molecular weight is 383 g/mol. The molecule has 3 nitrogen and oxygen atoms in total. The van der Waals surface area contributed by atoms with Crippen molar-refractivity contribution in [3.63, 3.8) is 0 Å². The van der Waals surface area contributed by atoms with Gasteiger partial charge in [-0.25, -0.2) is 9.97 Å². The third-order valence-corrected chi connectivity index (χ3v) is 5.18. The van der Waals surface area contributed by atoms with E-state index in [2.05, 4.69) is 48.1 Å². The molecule has 0 saturated heterocycles. The van der Waals surface area contributed by atoms with E-state index in [4.69, 9.17) is 4.74 Å². The first-order valence-electron chi connectivity index (χ1n) is 11.4. The number of aromatic nitrogens is 2. The number of rotatable bonds is 15. The van der Waals surface area contributed by atoms with Gasteiger partial charge in [0, 0.05) is 5.56 Å². The lowest BCUT2D eigenvalue weighted by Gasteiger charge is -2.07. The van der Waals surface area contributed by atoms with Crippen LogP contribution in [0.1, 0.15) is 90.0 Å². The van der Waals surface area contributed by atoms with Crippen LogP contribution in [-0.4, -0.2) is 16.6 Å². The Hall–Kier alpha value is -1.90. The number of hydrogen-bond donors (Lipinski definition) is 0. The summed E-state index contributed by atoms with van der Waals surface area (Å²) >= 11 is 0. The lowest BCUT2D eigenvalue weighted by Crippen LogP contribution is -1.99. The second-order valence-electron chi connectivity index (χ2n) is 7.72. The van der Waals surface area contributed by atoms with Crippen molar-refractivity contribution in [3.05, 3.63) is 42.2 Å². The summed E-state index contributed by atoms with van der Waals surface area (Å²) in [4.78, 5) is 8.95. The van der Waals surface area contributed by atoms with Gasteiger partial charge in [-0.1, -0.05) is 95.9 Å². The monoisotopic (exact) mass is 382 g/mol. The van der Waals surface area contributed by atoms with Crippen LogP contribution in [0.5, 0.6) is 5.75 Å². The fourth-order valence-corrected chi connectivity index (χ4v) is 3.37. The number of benzene rings is 1. The number of hydrogen-bond acceptors (Lipinski definition) is 3. The molecular weight excluding hydrogens is 344 g/mol. The maximum atomic E-state index is 5.75. The van der Waals surface area contributed by atoms with E-state index >= 15 is 0 Å². The van der Waals surface area contributed by atoms with Crippen LogP contribution in [0.15, 0.2) is 36.7 Å². The first kappa shape index (κ1) is 22.4. The highest BCUT2D eigenvalue weighted by Gasteiger charge is 2.03. The zero-order valence-electron chi connectivity index (χ0n) is 18.0. The third kappa shape index (κ3) is 8.86. The molecule has 0 N–H and O–H groups in total. The lowest BCUT2D eigenvalue weighted by molar-refractivity contribution is 0.302. The normalized spacial score (nSPS) is 10.9. The van der Waals surface area contributed by atoms with Gasteiger partial charge in [-0.05, 0) is 24.8 Å². The molecule has 1 heterocycles. The minimum absolute atomic E-state index is 0.750. The predicted molar refractivity (Wildman–Crippen MR) is 119 cm³/mol. The fraction of sp³-hybridized carbons (Fsp3) is 0.600. The van der Waals surface area contributed by atoms with Crippen LogP contribution in [0.2, 0.25) is 0 Å². The van der Waals surface area contributed by atoms with Gasteiger partial charge < -0.3 is 4.74 Å². The molecule has 1 aromatic carbocycles. The maximum Gasteiger partial charge on any atom is 0.159 e. The molecule has 0 bridgehead atoms. The van der Waals surface area contributed by atoms with E-state index in [0.29, 0.717) is 0 Å². The standard InChI is InChI=1S/C25H38N2O/c1-3-5-7-9-10-12-14-22-15-17-23(18-16-22)25-26-20-24(21-27-25)28-19-13-11-8-6-4-2/h15-18,20-21H,3-14,19H2,1-2H3. The van der Waals surface area contributed by atoms with Gasteiger partial charge in [0.05, 0.1) is 19.0 Å².